The average Bonchev–Trinajstić information content (AvgIpc) is 2.77. The van der Waals surface area contributed by atoms with Crippen LogP contribution in [0.5, 0.6) is 5.75 Å². The number of rotatable bonds is 7. The van der Waals surface area contributed by atoms with Crippen LogP contribution in [0.15, 0.2) is 36.4 Å². The number of likely N-dealkylation sites (tertiary alicyclic amines) is 1. The molecular weight excluding hydrogens is 270 g/mol. The van der Waals surface area contributed by atoms with Crippen LogP contribution in [0.1, 0.15) is 5.56 Å². The number of aliphatic hydroxyl groups is 1. The number of hydrogen-bond acceptors (Lipinski definition) is 4. The highest BCUT2D eigenvalue weighted by Crippen LogP contribution is 2.25. The molecule has 1 amide bonds. The summed E-state index contributed by atoms with van der Waals surface area (Å²) in [7, 11) is 1.62. The van der Waals surface area contributed by atoms with E-state index in [-0.39, 0.29) is 25.0 Å². The summed E-state index contributed by atoms with van der Waals surface area (Å²) in [6.45, 7) is 5.72. The minimum Gasteiger partial charge on any atom is -0.497 e. The molecule has 1 fully saturated rings. The highest BCUT2D eigenvalue weighted by Gasteiger charge is 2.33. The van der Waals surface area contributed by atoms with E-state index in [1.807, 2.05) is 24.3 Å². The van der Waals surface area contributed by atoms with E-state index in [4.69, 9.17) is 14.6 Å². The van der Waals surface area contributed by atoms with E-state index in [1.54, 1.807) is 12.0 Å². The van der Waals surface area contributed by atoms with Gasteiger partial charge in [0.2, 0.25) is 5.91 Å². The van der Waals surface area contributed by atoms with Gasteiger partial charge in [0.25, 0.3) is 0 Å². The Hall–Kier alpha value is -1.85. The van der Waals surface area contributed by atoms with Gasteiger partial charge in [0.1, 0.15) is 5.75 Å². The Morgan fingerprint density at radius 3 is 2.71 bits per heavy atom. The second-order valence-corrected chi connectivity index (χ2v) is 5.05. The Morgan fingerprint density at radius 2 is 2.10 bits per heavy atom. The number of carbonyl (C=O) groups is 1. The molecule has 21 heavy (non-hydrogen) atoms. The van der Waals surface area contributed by atoms with Gasteiger partial charge in [-0.15, -0.1) is 0 Å². The molecule has 1 heterocycles. The van der Waals surface area contributed by atoms with Gasteiger partial charge in [0, 0.05) is 24.6 Å². The molecule has 0 aliphatic carbocycles. The molecule has 2 rings (SSSR count). The molecule has 0 aromatic heterocycles. The highest BCUT2D eigenvalue weighted by molar-refractivity contribution is 5.95. The van der Waals surface area contributed by atoms with Gasteiger partial charge in [-0.2, -0.15) is 0 Å². The number of hydrogen-bond donors (Lipinski definition) is 1. The van der Waals surface area contributed by atoms with E-state index in [0.717, 1.165) is 11.3 Å². The number of methoxy groups -OCH3 is 1. The molecule has 1 saturated heterocycles. The molecule has 0 saturated carbocycles. The maximum absolute atomic E-state index is 12.2. The maximum Gasteiger partial charge on any atom is 0.249 e. The summed E-state index contributed by atoms with van der Waals surface area (Å²) < 4.78 is 10.4. The fraction of sp³-hybridized carbons (Fsp3) is 0.438. The van der Waals surface area contributed by atoms with Gasteiger partial charge in [-0.3, -0.25) is 4.79 Å². The van der Waals surface area contributed by atoms with E-state index < -0.39 is 0 Å². The molecule has 1 N–H and O–H groups in total. The molecular formula is C16H21NO4. The maximum atomic E-state index is 12.2. The number of aliphatic hydroxyl groups excluding tert-OH is 1. The number of ether oxygens (including phenoxy) is 2. The predicted octanol–water partition coefficient (Wildman–Crippen LogP) is 1.22. The molecule has 5 nitrogen and oxygen atoms in total. The first kappa shape index (κ1) is 15.5. The zero-order chi connectivity index (χ0) is 15.2. The topological polar surface area (TPSA) is 59.0 Å². The Bertz CT molecular complexity index is 498. The van der Waals surface area contributed by atoms with Crippen molar-refractivity contribution in [3.05, 3.63) is 42.0 Å². The summed E-state index contributed by atoms with van der Waals surface area (Å²) in [5, 5.41) is 8.71. The number of benzene rings is 1. The number of nitrogens with zero attached hydrogens (tertiary/aromatic N) is 1. The van der Waals surface area contributed by atoms with E-state index in [2.05, 4.69) is 6.58 Å². The molecule has 1 atom stereocenters. The standard InChI is InChI=1S/C16H21NO4/c1-12-14(11-21-8-7-18)10-17(16(12)19)9-13-3-5-15(20-2)6-4-13/h3-6,14,18H,1,7-11H2,2H3. The van der Waals surface area contributed by atoms with Crippen LogP contribution in [-0.4, -0.2) is 49.4 Å². The quantitative estimate of drug-likeness (QED) is 0.606. The van der Waals surface area contributed by atoms with E-state index in [0.29, 0.717) is 25.3 Å². The van der Waals surface area contributed by atoms with Crippen LogP contribution in [0, 0.1) is 5.92 Å². The molecule has 1 aliphatic rings. The van der Waals surface area contributed by atoms with E-state index in [9.17, 15) is 4.79 Å². The van der Waals surface area contributed by atoms with Gasteiger partial charge in [-0.1, -0.05) is 18.7 Å². The van der Waals surface area contributed by atoms with Gasteiger partial charge in [0.05, 0.1) is 26.9 Å². The fourth-order valence-corrected chi connectivity index (χ4v) is 2.37. The van der Waals surface area contributed by atoms with E-state index in [1.165, 1.54) is 0 Å². The summed E-state index contributed by atoms with van der Waals surface area (Å²) in [5.74, 6) is 0.775. The van der Waals surface area contributed by atoms with Crippen LogP contribution in [0.25, 0.3) is 0 Å². The molecule has 0 bridgehead atoms. The largest absolute Gasteiger partial charge is 0.497 e. The average molecular weight is 291 g/mol. The molecule has 1 aliphatic heterocycles. The van der Waals surface area contributed by atoms with Crippen LogP contribution in [0.4, 0.5) is 0 Å². The van der Waals surface area contributed by atoms with Crippen molar-refractivity contribution in [2.24, 2.45) is 5.92 Å². The monoisotopic (exact) mass is 291 g/mol. The smallest absolute Gasteiger partial charge is 0.249 e. The predicted molar refractivity (Wildman–Crippen MR) is 78.9 cm³/mol. The number of carbonyl (C=O) groups excluding carboxylic acids is 1. The van der Waals surface area contributed by atoms with Crippen molar-refractivity contribution in [2.75, 3.05) is 33.5 Å². The zero-order valence-electron chi connectivity index (χ0n) is 12.2. The lowest BCUT2D eigenvalue weighted by molar-refractivity contribution is -0.125. The summed E-state index contributed by atoms with van der Waals surface area (Å²) in [6, 6.07) is 7.66. The van der Waals surface area contributed by atoms with Crippen molar-refractivity contribution in [1.29, 1.82) is 0 Å². The third-order valence-corrected chi connectivity index (χ3v) is 3.58. The van der Waals surface area contributed by atoms with Crippen LogP contribution in [0.2, 0.25) is 0 Å². The van der Waals surface area contributed by atoms with Crippen molar-refractivity contribution in [2.45, 2.75) is 6.54 Å². The minimum atomic E-state index is -0.0246. The molecule has 0 spiro atoms. The second kappa shape index (κ2) is 7.24. The van der Waals surface area contributed by atoms with Gasteiger partial charge in [0.15, 0.2) is 0 Å². The Kier molecular flexibility index (Phi) is 5.36. The van der Waals surface area contributed by atoms with Crippen molar-refractivity contribution >= 4 is 5.91 Å². The van der Waals surface area contributed by atoms with Gasteiger partial charge < -0.3 is 19.5 Å². The van der Waals surface area contributed by atoms with Crippen LogP contribution >= 0.6 is 0 Å². The first-order valence-electron chi connectivity index (χ1n) is 6.95. The van der Waals surface area contributed by atoms with Crippen LogP contribution in [-0.2, 0) is 16.1 Å². The van der Waals surface area contributed by atoms with Gasteiger partial charge in [-0.25, -0.2) is 0 Å². The summed E-state index contributed by atoms with van der Waals surface area (Å²) in [5.41, 5.74) is 1.63. The lowest BCUT2D eigenvalue weighted by Crippen LogP contribution is -2.25. The van der Waals surface area contributed by atoms with Crippen molar-refractivity contribution in [3.63, 3.8) is 0 Å². The Morgan fingerprint density at radius 1 is 1.38 bits per heavy atom. The zero-order valence-corrected chi connectivity index (χ0v) is 12.2. The lowest BCUT2D eigenvalue weighted by atomic mass is 10.1. The first-order valence-corrected chi connectivity index (χ1v) is 6.95. The van der Waals surface area contributed by atoms with Gasteiger partial charge in [-0.05, 0) is 17.7 Å². The first-order chi connectivity index (χ1) is 10.2. The molecule has 114 valence electrons. The third-order valence-electron chi connectivity index (χ3n) is 3.58. The normalized spacial score (nSPS) is 18.4. The van der Waals surface area contributed by atoms with Crippen molar-refractivity contribution in [1.82, 2.24) is 4.90 Å². The molecule has 1 aromatic carbocycles. The third kappa shape index (κ3) is 3.83. The molecule has 0 radical (unpaired) electrons. The van der Waals surface area contributed by atoms with Crippen LogP contribution < -0.4 is 4.74 Å². The summed E-state index contributed by atoms with van der Waals surface area (Å²) in [4.78, 5) is 13.9. The Balaban J connectivity index is 1.94. The van der Waals surface area contributed by atoms with Gasteiger partial charge >= 0.3 is 0 Å². The summed E-state index contributed by atoms with van der Waals surface area (Å²) >= 11 is 0. The SMILES string of the molecule is C=C1C(=O)N(Cc2ccc(OC)cc2)CC1COCCO. The van der Waals surface area contributed by atoms with Crippen molar-refractivity contribution in [3.8, 4) is 5.75 Å². The lowest BCUT2D eigenvalue weighted by Gasteiger charge is -2.16. The second-order valence-electron chi connectivity index (χ2n) is 5.05. The van der Waals surface area contributed by atoms with Crippen LogP contribution in [0.3, 0.4) is 0 Å². The summed E-state index contributed by atoms with van der Waals surface area (Å²) in [6.07, 6.45) is 0. The minimum absolute atomic E-state index is 0.00213. The molecule has 5 heteroatoms. The number of amides is 1. The fourth-order valence-electron chi connectivity index (χ4n) is 2.37. The highest BCUT2D eigenvalue weighted by atomic mass is 16.5. The van der Waals surface area contributed by atoms with E-state index >= 15 is 0 Å². The Labute approximate surface area is 124 Å². The van der Waals surface area contributed by atoms with Crippen molar-refractivity contribution < 1.29 is 19.4 Å². The molecule has 1 unspecified atom stereocenters. The molecule has 1 aromatic rings.